The minimum Gasteiger partial charge on any atom is -0.368 e. The number of halogens is 2. The summed E-state index contributed by atoms with van der Waals surface area (Å²) in [6, 6.07) is 15.3. The molecule has 3 aromatic rings. The lowest BCUT2D eigenvalue weighted by Crippen LogP contribution is -2.43. The highest BCUT2D eigenvalue weighted by atomic mass is 19.3. The Morgan fingerprint density at radius 2 is 1.77 bits per heavy atom. The first-order chi connectivity index (χ1) is 14.5. The van der Waals surface area contributed by atoms with E-state index in [-0.39, 0.29) is 18.5 Å². The van der Waals surface area contributed by atoms with Gasteiger partial charge in [0.05, 0.1) is 5.52 Å². The predicted molar refractivity (Wildman–Crippen MR) is 118 cm³/mol. The van der Waals surface area contributed by atoms with E-state index in [1.807, 2.05) is 23.1 Å². The highest BCUT2D eigenvalue weighted by molar-refractivity contribution is 5.94. The van der Waals surface area contributed by atoms with Crippen LogP contribution in [0.25, 0.3) is 10.9 Å². The highest BCUT2D eigenvalue weighted by Crippen LogP contribution is 2.39. The molecule has 0 spiro atoms. The molecule has 0 radical (unpaired) electrons. The van der Waals surface area contributed by atoms with Gasteiger partial charge in [-0.1, -0.05) is 35.9 Å². The number of aryl methyl sites for hydroxylation is 1. The average Bonchev–Trinajstić information content (AvgIpc) is 2.90. The SMILES string of the molecule is Cc1ccc2nc(N3CCC(F)(F)c4ccccc4C3)cc(N3CCNCC3)c2c1. The normalized spacial score (nSPS) is 18.9. The van der Waals surface area contributed by atoms with Gasteiger partial charge in [0.1, 0.15) is 5.82 Å². The molecule has 2 aromatic carbocycles. The maximum Gasteiger partial charge on any atom is 0.275 e. The van der Waals surface area contributed by atoms with Crippen molar-refractivity contribution in [2.75, 3.05) is 42.5 Å². The zero-order chi connectivity index (χ0) is 20.7. The Morgan fingerprint density at radius 3 is 2.60 bits per heavy atom. The van der Waals surface area contributed by atoms with Gasteiger partial charge in [0.2, 0.25) is 0 Å². The van der Waals surface area contributed by atoms with Gasteiger partial charge in [-0.15, -0.1) is 0 Å². The van der Waals surface area contributed by atoms with Crippen molar-refractivity contribution in [2.24, 2.45) is 0 Å². The van der Waals surface area contributed by atoms with Crippen LogP contribution in [0.2, 0.25) is 0 Å². The van der Waals surface area contributed by atoms with E-state index in [1.165, 1.54) is 5.56 Å². The number of benzene rings is 2. The molecule has 0 unspecified atom stereocenters. The molecule has 0 amide bonds. The van der Waals surface area contributed by atoms with Gasteiger partial charge in [-0.3, -0.25) is 0 Å². The number of hydrogen-bond donors (Lipinski definition) is 1. The molecule has 4 nitrogen and oxygen atoms in total. The summed E-state index contributed by atoms with van der Waals surface area (Å²) in [5, 5.41) is 4.53. The lowest BCUT2D eigenvalue weighted by Gasteiger charge is -2.32. The third-order valence-corrected chi connectivity index (χ3v) is 6.18. The quantitative estimate of drug-likeness (QED) is 0.679. The van der Waals surface area contributed by atoms with E-state index in [4.69, 9.17) is 4.98 Å². The minimum atomic E-state index is -2.82. The molecular formula is C24H26F2N4. The summed E-state index contributed by atoms with van der Waals surface area (Å²) < 4.78 is 29.5. The fourth-order valence-corrected chi connectivity index (χ4v) is 4.54. The van der Waals surface area contributed by atoms with Gasteiger partial charge in [-0.25, -0.2) is 13.8 Å². The second kappa shape index (κ2) is 7.51. The molecule has 2 aliphatic heterocycles. The first kappa shape index (κ1) is 19.2. The molecule has 5 rings (SSSR count). The zero-order valence-electron chi connectivity index (χ0n) is 17.2. The molecule has 1 N–H and O–H groups in total. The third kappa shape index (κ3) is 3.49. The average molecular weight is 408 g/mol. The Bertz CT molecular complexity index is 1080. The van der Waals surface area contributed by atoms with Gasteiger partial charge >= 0.3 is 0 Å². The molecule has 0 saturated carbocycles. The highest BCUT2D eigenvalue weighted by Gasteiger charge is 2.37. The van der Waals surface area contributed by atoms with Crippen molar-refractivity contribution in [2.45, 2.75) is 25.8 Å². The maximum absolute atomic E-state index is 14.8. The summed E-state index contributed by atoms with van der Waals surface area (Å²) in [5.41, 5.74) is 4.07. The molecule has 1 saturated heterocycles. The molecule has 1 aromatic heterocycles. The lowest BCUT2D eigenvalue weighted by molar-refractivity contribution is -0.00967. The lowest BCUT2D eigenvalue weighted by atomic mass is 10.0. The van der Waals surface area contributed by atoms with Crippen LogP contribution in [0.4, 0.5) is 20.3 Å². The monoisotopic (exact) mass is 408 g/mol. The molecule has 0 aliphatic carbocycles. The van der Waals surface area contributed by atoms with Gasteiger partial charge in [0.25, 0.3) is 5.92 Å². The van der Waals surface area contributed by atoms with E-state index in [0.717, 1.165) is 48.6 Å². The number of anilines is 2. The van der Waals surface area contributed by atoms with E-state index < -0.39 is 5.92 Å². The van der Waals surface area contributed by atoms with E-state index in [9.17, 15) is 8.78 Å². The number of pyridine rings is 1. The molecule has 1 fully saturated rings. The predicted octanol–water partition coefficient (Wildman–Crippen LogP) is 4.45. The Hall–Kier alpha value is -2.73. The van der Waals surface area contributed by atoms with E-state index in [1.54, 1.807) is 12.1 Å². The fourth-order valence-electron chi connectivity index (χ4n) is 4.54. The van der Waals surface area contributed by atoms with E-state index >= 15 is 0 Å². The van der Waals surface area contributed by atoms with Crippen LogP contribution in [0.1, 0.15) is 23.1 Å². The fraction of sp³-hybridized carbons (Fsp3) is 0.375. The molecule has 0 atom stereocenters. The van der Waals surface area contributed by atoms with Crippen molar-refractivity contribution >= 4 is 22.4 Å². The second-order valence-electron chi connectivity index (χ2n) is 8.29. The molecule has 6 heteroatoms. The van der Waals surface area contributed by atoms with Crippen LogP contribution in [-0.4, -0.2) is 37.7 Å². The van der Waals surface area contributed by atoms with E-state index in [2.05, 4.69) is 35.3 Å². The van der Waals surface area contributed by atoms with Crippen molar-refractivity contribution in [1.82, 2.24) is 10.3 Å². The number of nitrogens with zero attached hydrogens (tertiary/aromatic N) is 3. The van der Waals surface area contributed by atoms with Gasteiger partial charge < -0.3 is 15.1 Å². The van der Waals surface area contributed by atoms with E-state index in [0.29, 0.717) is 12.1 Å². The van der Waals surface area contributed by atoms with Crippen LogP contribution in [0.15, 0.2) is 48.5 Å². The largest absolute Gasteiger partial charge is 0.368 e. The van der Waals surface area contributed by atoms with Crippen molar-refractivity contribution in [3.05, 3.63) is 65.2 Å². The zero-order valence-corrected chi connectivity index (χ0v) is 17.2. The topological polar surface area (TPSA) is 31.4 Å². The van der Waals surface area contributed by atoms with Crippen LogP contribution in [0, 0.1) is 6.92 Å². The number of nitrogens with one attached hydrogen (secondary N) is 1. The van der Waals surface area contributed by atoms with Crippen molar-refractivity contribution in [3.63, 3.8) is 0 Å². The number of aromatic nitrogens is 1. The maximum atomic E-state index is 14.8. The standard InChI is InChI=1S/C24H26F2N4/c1-17-6-7-21-19(14-17)22(29-12-9-27-10-13-29)15-23(28-21)30-11-8-24(25,26)20-5-3-2-4-18(20)16-30/h2-7,14-15,27H,8-13,16H2,1H3. The minimum absolute atomic E-state index is 0.145. The third-order valence-electron chi connectivity index (χ3n) is 6.18. The van der Waals surface area contributed by atoms with Gasteiger partial charge in [0, 0.05) is 68.4 Å². The van der Waals surface area contributed by atoms with Gasteiger partial charge in [-0.05, 0) is 24.6 Å². The van der Waals surface area contributed by atoms with Crippen LogP contribution >= 0.6 is 0 Å². The summed E-state index contributed by atoms with van der Waals surface area (Å²) in [4.78, 5) is 9.28. The van der Waals surface area contributed by atoms with Crippen LogP contribution in [0.3, 0.4) is 0 Å². The summed E-state index contributed by atoms with van der Waals surface area (Å²) in [7, 11) is 0. The number of hydrogen-bond acceptors (Lipinski definition) is 4. The molecule has 0 bridgehead atoms. The van der Waals surface area contributed by atoms with Crippen molar-refractivity contribution < 1.29 is 8.78 Å². The summed E-state index contributed by atoms with van der Waals surface area (Å²) in [5.74, 6) is -2.05. The number of piperazine rings is 1. The number of alkyl halides is 2. The second-order valence-corrected chi connectivity index (χ2v) is 8.29. The molecular weight excluding hydrogens is 382 g/mol. The number of rotatable bonds is 2. The summed E-state index contributed by atoms with van der Waals surface area (Å²) in [6.07, 6.45) is -0.208. The summed E-state index contributed by atoms with van der Waals surface area (Å²) >= 11 is 0. The Kier molecular flexibility index (Phi) is 4.82. The first-order valence-electron chi connectivity index (χ1n) is 10.6. The van der Waals surface area contributed by atoms with Gasteiger partial charge in [0.15, 0.2) is 0 Å². The number of fused-ring (bicyclic) bond motifs is 2. The van der Waals surface area contributed by atoms with Crippen LogP contribution < -0.4 is 15.1 Å². The molecule has 3 heterocycles. The Labute approximate surface area is 175 Å². The Balaban J connectivity index is 1.60. The first-order valence-corrected chi connectivity index (χ1v) is 10.6. The van der Waals surface area contributed by atoms with Gasteiger partial charge in [-0.2, -0.15) is 0 Å². The van der Waals surface area contributed by atoms with Crippen molar-refractivity contribution in [3.8, 4) is 0 Å². The van der Waals surface area contributed by atoms with Crippen LogP contribution in [0.5, 0.6) is 0 Å². The molecule has 156 valence electrons. The summed E-state index contributed by atoms with van der Waals surface area (Å²) in [6.45, 7) is 6.52. The smallest absolute Gasteiger partial charge is 0.275 e. The Morgan fingerprint density at radius 1 is 0.967 bits per heavy atom. The molecule has 2 aliphatic rings. The van der Waals surface area contributed by atoms with Crippen LogP contribution in [-0.2, 0) is 12.5 Å². The molecule has 30 heavy (non-hydrogen) atoms. The van der Waals surface area contributed by atoms with Crippen molar-refractivity contribution in [1.29, 1.82) is 0 Å².